The van der Waals surface area contributed by atoms with E-state index in [4.69, 9.17) is 20.4 Å². The van der Waals surface area contributed by atoms with Gasteiger partial charge in [0, 0.05) is 0 Å². The second-order valence-electron chi connectivity index (χ2n) is 2.99. The lowest BCUT2D eigenvalue weighted by molar-refractivity contribution is -0.179. The Morgan fingerprint density at radius 1 is 1.07 bits per heavy atom. The average Bonchev–Trinajstić information content (AvgIpc) is 2.11. The minimum absolute atomic E-state index is 0.159. The van der Waals surface area contributed by atoms with Gasteiger partial charge in [0.1, 0.15) is 18.3 Å². The molecule has 90 valence electrons. The number of aliphatic hydroxyl groups excluding tert-OH is 4. The molecule has 0 aromatic rings. The quantitative estimate of drug-likeness (QED) is 0.436. The van der Waals surface area contributed by atoms with Crippen molar-refractivity contribution in [3.63, 3.8) is 0 Å². The van der Waals surface area contributed by atoms with Crippen LogP contribution in [-0.2, 0) is 4.79 Å². The molecule has 15 heavy (non-hydrogen) atoms. The summed E-state index contributed by atoms with van der Waals surface area (Å²) in [5.41, 5.74) is 0. The molecular weight excluding hydrogens is 221 g/mol. The van der Waals surface area contributed by atoms with Gasteiger partial charge in [-0.25, -0.2) is 0 Å². The fourth-order valence-corrected chi connectivity index (χ4v) is 0.868. The smallest absolute Gasteiger partial charge is 0.390 e. The predicted molar refractivity (Wildman–Crippen MR) is 40.8 cm³/mol. The minimum Gasteiger partial charge on any atom is -0.390 e. The van der Waals surface area contributed by atoms with Gasteiger partial charge in [0.25, 0.3) is 0 Å². The van der Waals surface area contributed by atoms with Gasteiger partial charge in [0.2, 0.25) is 0 Å². The first-order valence-corrected chi connectivity index (χ1v) is 3.93. The number of carbonyl (C=O) groups is 1. The fraction of sp³-hybridized carbons (Fsp3) is 0.857. The van der Waals surface area contributed by atoms with Gasteiger partial charge in [0.15, 0.2) is 6.29 Å². The summed E-state index contributed by atoms with van der Waals surface area (Å²) in [5.74, 6) is 0. The maximum absolute atomic E-state index is 11.7. The Kier molecular flexibility index (Phi) is 5.15. The van der Waals surface area contributed by atoms with Gasteiger partial charge in [-0.05, 0) is 0 Å². The second-order valence-corrected chi connectivity index (χ2v) is 2.99. The van der Waals surface area contributed by atoms with Gasteiger partial charge in [-0.15, -0.1) is 0 Å². The summed E-state index contributed by atoms with van der Waals surface area (Å²) < 4.78 is 35.2. The van der Waals surface area contributed by atoms with E-state index >= 15 is 0 Å². The largest absolute Gasteiger partial charge is 0.391 e. The molecule has 4 N–H and O–H groups in total. The molecule has 0 radical (unpaired) electrons. The molecule has 0 spiro atoms. The van der Waals surface area contributed by atoms with Crippen LogP contribution in [0.5, 0.6) is 0 Å². The molecule has 0 saturated heterocycles. The molecule has 0 aliphatic rings. The van der Waals surface area contributed by atoms with E-state index in [9.17, 15) is 18.0 Å². The summed E-state index contributed by atoms with van der Waals surface area (Å²) in [5, 5.41) is 35.3. The predicted octanol–water partition coefficient (Wildman–Crippen LogP) is -1.42. The van der Waals surface area contributed by atoms with Crippen LogP contribution in [0.2, 0.25) is 0 Å². The Morgan fingerprint density at radius 3 is 1.87 bits per heavy atom. The van der Waals surface area contributed by atoms with Gasteiger partial charge in [-0.2, -0.15) is 13.2 Å². The summed E-state index contributed by atoms with van der Waals surface area (Å²) in [6.45, 7) is 0. The zero-order valence-corrected chi connectivity index (χ0v) is 7.42. The molecule has 5 nitrogen and oxygen atoms in total. The van der Waals surface area contributed by atoms with Crippen LogP contribution in [0.1, 0.15) is 6.42 Å². The fourth-order valence-electron chi connectivity index (χ4n) is 0.868. The standard InChI is InChI=1S/C7H11F3O5/c8-7(9,10)1-3(12)5(14)6(15)4(13)2-11/h2-6,12-15H,1H2/t3-,4+,5+,6-/m1/s1. The van der Waals surface area contributed by atoms with Crippen LogP contribution in [-0.4, -0.2) is 57.3 Å². The number of rotatable bonds is 5. The maximum Gasteiger partial charge on any atom is 0.391 e. The number of aliphatic hydroxyl groups is 4. The molecule has 8 heteroatoms. The Bertz CT molecular complexity index is 207. The monoisotopic (exact) mass is 232 g/mol. The first kappa shape index (κ1) is 14.3. The van der Waals surface area contributed by atoms with Gasteiger partial charge < -0.3 is 25.2 Å². The molecule has 0 aliphatic carbocycles. The molecule has 0 aromatic carbocycles. The van der Waals surface area contributed by atoms with Crippen molar-refractivity contribution in [1.29, 1.82) is 0 Å². The normalized spacial score (nSPS) is 20.5. The third kappa shape index (κ3) is 5.07. The summed E-state index contributed by atoms with van der Waals surface area (Å²) in [4.78, 5) is 9.93. The Labute approximate surface area is 82.8 Å². The number of hydrogen-bond acceptors (Lipinski definition) is 5. The molecule has 4 atom stereocenters. The number of alkyl halides is 3. The van der Waals surface area contributed by atoms with E-state index in [2.05, 4.69) is 0 Å². The third-order valence-corrected chi connectivity index (χ3v) is 1.67. The van der Waals surface area contributed by atoms with Gasteiger partial charge in [-0.3, -0.25) is 0 Å². The van der Waals surface area contributed by atoms with Crippen LogP contribution >= 0.6 is 0 Å². The molecule has 0 amide bonds. The lowest BCUT2D eigenvalue weighted by Gasteiger charge is -2.24. The van der Waals surface area contributed by atoms with Crippen LogP contribution in [0.3, 0.4) is 0 Å². The number of carbonyl (C=O) groups excluding carboxylic acids is 1. The van der Waals surface area contributed by atoms with Crippen LogP contribution in [0, 0.1) is 0 Å². The van der Waals surface area contributed by atoms with E-state index < -0.39 is 37.0 Å². The number of hydrogen-bond donors (Lipinski definition) is 4. The lowest BCUT2D eigenvalue weighted by atomic mass is 10.0. The molecule has 0 fully saturated rings. The van der Waals surface area contributed by atoms with Crippen molar-refractivity contribution >= 4 is 6.29 Å². The van der Waals surface area contributed by atoms with E-state index in [1.54, 1.807) is 0 Å². The van der Waals surface area contributed by atoms with Crippen molar-refractivity contribution in [1.82, 2.24) is 0 Å². The van der Waals surface area contributed by atoms with E-state index in [-0.39, 0.29) is 6.29 Å². The van der Waals surface area contributed by atoms with Crippen molar-refractivity contribution in [3.05, 3.63) is 0 Å². The van der Waals surface area contributed by atoms with Crippen molar-refractivity contribution in [2.75, 3.05) is 0 Å². The summed E-state index contributed by atoms with van der Waals surface area (Å²) in [7, 11) is 0. The Hall–Kier alpha value is -0.700. The maximum atomic E-state index is 11.7. The zero-order valence-electron chi connectivity index (χ0n) is 7.42. The molecule has 0 aromatic heterocycles. The Balaban J connectivity index is 4.31. The number of aldehydes is 1. The SMILES string of the molecule is O=C[C@H](O)[C@@H](O)[C@@H](O)[C@H](O)CC(F)(F)F. The highest BCUT2D eigenvalue weighted by atomic mass is 19.4. The van der Waals surface area contributed by atoms with Crippen molar-refractivity contribution in [3.8, 4) is 0 Å². The van der Waals surface area contributed by atoms with E-state index in [1.807, 2.05) is 0 Å². The van der Waals surface area contributed by atoms with Crippen molar-refractivity contribution in [2.45, 2.75) is 37.0 Å². The van der Waals surface area contributed by atoms with Gasteiger partial charge >= 0.3 is 6.18 Å². The molecular formula is C7H11F3O5. The topological polar surface area (TPSA) is 98.0 Å². The highest BCUT2D eigenvalue weighted by Gasteiger charge is 2.38. The van der Waals surface area contributed by atoms with Crippen LogP contribution in [0.4, 0.5) is 13.2 Å². The molecule has 0 heterocycles. The lowest BCUT2D eigenvalue weighted by Crippen LogP contribution is -2.46. The van der Waals surface area contributed by atoms with Crippen LogP contribution < -0.4 is 0 Å². The van der Waals surface area contributed by atoms with Crippen molar-refractivity contribution in [2.24, 2.45) is 0 Å². The van der Waals surface area contributed by atoms with E-state index in [0.29, 0.717) is 0 Å². The Morgan fingerprint density at radius 2 is 1.53 bits per heavy atom. The van der Waals surface area contributed by atoms with Crippen LogP contribution in [0.25, 0.3) is 0 Å². The molecule has 0 unspecified atom stereocenters. The molecule has 0 rings (SSSR count). The minimum atomic E-state index is -4.72. The first-order chi connectivity index (χ1) is 6.69. The molecule has 0 saturated carbocycles. The van der Waals surface area contributed by atoms with Crippen LogP contribution in [0.15, 0.2) is 0 Å². The number of halogens is 3. The summed E-state index contributed by atoms with van der Waals surface area (Å²) in [6, 6.07) is 0. The average molecular weight is 232 g/mol. The molecule has 0 aliphatic heterocycles. The highest BCUT2D eigenvalue weighted by molar-refractivity contribution is 5.56. The molecule has 0 bridgehead atoms. The van der Waals surface area contributed by atoms with E-state index in [1.165, 1.54) is 0 Å². The first-order valence-electron chi connectivity index (χ1n) is 3.93. The third-order valence-electron chi connectivity index (χ3n) is 1.67. The second kappa shape index (κ2) is 5.40. The zero-order chi connectivity index (χ0) is 12.2. The summed E-state index contributed by atoms with van der Waals surface area (Å²) in [6.07, 6.45) is -15.3. The van der Waals surface area contributed by atoms with E-state index in [0.717, 1.165) is 0 Å². The van der Waals surface area contributed by atoms with Gasteiger partial charge in [-0.1, -0.05) is 0 Å². The van der Waals surface area contributed by atoms with Gasteiger partial charge in [0.05, 0.1) is 12.5 Å². The van der Waals surface area contributed by atoms with Crippen molar-refractivity contribution < 1.29 is 38.4 Å². The highest BCUT2D eigenvalue weighted by Crippen LogP contribution is 2.23. The summed E-state index contributed by atoms with van der Waals surface area (Å²) >= 11 is 0.